The lowest BCUT2D eigenvalue weighted by atomic mass is 9.85. The first-order valence-electron chi connectivity index (χ1n) is 13.6. The Kier molecular flexibility index (Phi) is 7.08. The van der Waals surface area contributed by atoms with E-state index in [1.165, 1.54) is 38.3 Å². The highest BCUT2D eigenvalue weighted by molar-refractivity contribution is 6.04. The van der Waals surface area contributed by atoms with Crippen molar-refractivity contribution in [2.45, 2.75) is 44.6 Å². The van der Waals surface area contributed by atoms with Gasteiger partial charge in [-0.2, -0.15) is 4.98 Å². The number of hydrogen-bond acceptors (Lipinski definition) is 5. The second-order valence-corrected chi connectivity index (χ2v) is 10.3. The summed E-state index contributed by atoms with van der Waals surface area (Å²) in [7, 11) is 0. The third-order valence-electron chi connectivity index (χ3n) is 7.65. The quantitative estimate of drug-likeness (QED) is 0.249. The van der Waals surface area contributed by atoms with Gasteiger partial charge in [-0.05, 0) is 42.5 Å². The lowest BCUT2D eigenvalue weighted by Gasteiger charge is -2.21. The maximum atomic E-state index is 12.8. The van der Waals surface area contributed by atoms with Gasteiger partial charge >= 0.3 is 6.03 Å². The molecule has 198 valence electrons. The normalized spacial score (nSPS) is 18.8. The molecule has 0 aliphatic heterocycles. The Morgan fingerprint density at radius 1 is 0.821 bits per heavy atom. The Hall–Kier alpha value is -4.46. The average molecular weight is 522 g/mol. The lowest BCUT2D eigenvalue weighted by molar-refractivity contribution is 0.102. The Morgan fingerprint density at radius 2 is 1.59 bits per heavy atom. The van der Waals surface area contributed by atoms with Crippen LogP contribution in [0.5, 0.6) is 11.6 Å². The Morgan fingerprint density at radius 3 is 2.41 bits per heavy atom. The molecule has 0 bridgehead atoms. The zero-order valence-electron chi connectivity index (χ0n) is 21.6. The van der Waals surface area contributed by atoms with Gasteiger partial charge in [0, 0.05) is 34.6 Å². The van der Waals surface area contributed by atoms with Gasteiger partial charge in [0.1, 0.15) is 5.75 Å². The van der Waals surface area contributed by atoms with E-state index >= 15 is 0 Å². The van der Waals surface area contributed by atoms with Crippen molar-refractivity contribution in [3.8, 4) is 11.6 Å². The molecule has 0 spiro atoms. The van der Waals surface area contributed by atoms with E-state index in [0.717, 1.165) is 23.1 Å². The standard InChI is InChI=1S/C31H31N5O3/c37-29(21-11-5-2-6-12-21)36-30-32-18-17-28(35-30)39-27-16-15-25(22-13-7-8-14-23(22)27)33-31(38)34-26-19-24(26)20-9-3-1-4-10-20/h2,5-8,11-18,20,24,26H,1,3-4,9-10,19H2,(H2,33,34,38)(H,32,35,36,37). The number of anilines is 2. The minimum absolute atomic E-state index is 0.146. The third-order valence-corrected chi connectivity index (χ3v) is 7.65. The fraction of sp³-hybridized carbons (Fsp3) is 0.290. The van der Waals surface area contributed by atoms with Crippen LogP contribution in [0, 0.1) is 11.8 Å². The molecule has 8 nitrogen and oxygen atoms in total. The second-order valence-electron chi connectivity index (χ2n) is 10.3. The summed E-state index contributed by atoms with van der Waals surface area (Å²) in [6.07, 6.45) is 9.19. The van der Waals surface area contributed by atoms with E-state index in [0.29, 0.717) is 28.8 Å². The summed E-state index contributed by atoms with van der Waals surface area (Å²) < 4.78 is 6.10. The molecule has 2 aliphatic rings. The van der Waals surface area contributed by atoms with Gasteiger partial charge in [-0.1, -0.05) is 74.6 Å². The molecular weight excluding hydrogens is 490 g/mol. The van der Waals surface area contributed by atoms with Gasteiger partial charge in [0.05, 0.1) is 5.69 Å². The predicted molar refractivity (Wildman–Crippen MR) is 151 cm³/mol. The zero-order valence-corrected chi connectivity index (χ0v) is 21.6. The van der Waals surface area contributed by atoms with E-state index in [9.17, 15) is 9.59 Å². The first-order valence-corrected chi connectivity index (χ1v) is 13.6. The van der Waals surface area contributed by atoms with Crippen LogP contribution in [0.3, 0.4) is 0 Å². The van der Waals surface area contributed by atoms with Crippen molar-refractivity contribution in [3.63, 3.8) is 0 Å². The summed E-state index contributed by atoms with van der Waals surface area (Å²) in [5.41, 5.74) is 1.22. The Balaban J connectivity index is 1.13. The number of ether oxygens (including phenoxy) is 1. The van der Waals surface area contributed by atoms with Gasteiger partial charge in [0.25, 0.3) is 5.91 Å². The molecule has 8 heteroatoms. The first kappa shape index (κ1) is 24.9. The summed E-state index contributed by atoms with van der Waals surface area (Å²) in [6, 6.07) is 22.0. The topological polar surface area (TPSA) is 105 Å². The molecule has 2 fully saturated rings. The van der Waals surface area contributed by atoms with Crippen molar-refractivity contribution in [1.29, 1.82) is 0 Å². The summed E-state index contributed by atoms with van der Waals surface area (Å²) in [4.78, 5) is 33.8. The number of urea groups is 1. The van der Waals surface area contributed by atoms with Crippen molar-refractivity contribution in [2.75, 3.05) is 10.6 Å². The number of fused-ring (bicyclic) bond motifs is 1. The Bertz CT molecular complexity index is 1490. The highest BCUT2D eigenvalue weighted by Gasteiger charge is 2.43. The van der Waals surface area contributed by atoms with E-state index in [1.54, 1.807) is 30.3 Å². The third kappa shape index (κ3) is 5.85. The fourth-order valence-corrected chi connectivity index (χ4v) is 5.60. The van der Waals surface area contributed by atoms with Crippen molar-refractivity contribution < 1.29 is 14.3 Å². The Labute approximate surface area is 227 Å². The summed E-state index contributed by atoms with van der Waals surface area (Å²) in [6.45, 7) is 0. The van der Waals surface area contributed by atoms with Gasteiger partial charge in [-0.3, -0.25) is 10.1 Å². The molecule has 1 heterocycles. The van der Waals surface area contributed by atoms with Crippen LogP contribution < -0.4 is 20.7 Å². The van der Waals surface area contributed by atoms with Crippen LogP contribution in [0.15, 0.2) is 79.0 Å². The number of rotatable bonds is 7. The monoisotopic (exact) mass is 521 g/mol. The molecule has 3 N–H and O–H groups in total. The number of nitrogens with one attached hydrogen (secondary N) is 3. The van der Waals surface area contributed by atoms with Gasteiger partial charge in [-0.25, -0.2) is 9.78 Å². The highest BCUT2D eigenvalue weighted by atomic mass is 16.5. The predicted octanol–water partition coefficient (Wildman–Crippen LogP) is 6.76. The number of aromatic nitrogens is 2. The molecule has 4 aromatic rings. The van der Waals surface area contributed by atoms with Gasteiger partial charge in [0.15, 0.2) is 0 Å². The van der Waals surface area contributed by atoms with E-state index < -0.39 is 0 Å². The highest BCUT2D eigenvalue weighted by Crippen LogP contribution is 2.44. The molecule has 3 amide bonds. The largest absolute Gasteiger partial charge is 0.438 e. The van der Waals surface area contributed by atoms with E-state index in [-0.39, 0.29) is 23.9 Å². The zero-order chi connectivity index (χ0) is 26.6. The number of nitrogens with zero attached hydrogens (tertiary/aromatic N) is 2. The molecule has 3 aromatic carbocycles. The maximum Gasteiger partial charge on any atom is 0.319 e. The molecule has 0 saturated heterocycles. The van der Waals surface area contributed by atoms with E-state index in [2.05, 4.69) is 25.9 Å². The van der Waals surface area contributed by atoms with Crippen molar-refractivity contribution in [3.05, 3.63) is 84.6 Å². The summed E-state index contributed by atoms with van der Waals surface area (Å²) in [5, 5.41) is 10.6. The molecule has 2 atom stereocenters. The molecule has 39 heavy (non-hydrogen) atoms. The van der Waals surface area contributed by atoms with Crippen LogP contribution in [0.2, 0.25) is 0 Å². The molecule has 1 aromatic heterocycles. The smallest absolute Gasteiger partial charge is 0.319 e. The van der Waals surface area contributed by atoms with Crippen molar-refractivity contribution in [1.82, 2.24) is 15.3 Å². The number of benzene rings is 3. The minimum Gasteiger partial charge on any atom is -0.438 e. The number of carbonyl (C=O) groups is 2. The number of hydrogen-bond donors (Lipinski definition) is 3. The van der Waals surface area contributed by atoms with Crippen LogP contribution in [-0.4, -0.2) is 27.9 Å². The van der Waals surface area contributed by atoms with Crippen molar-refractivity contribution >= 4 is 34.3 Å². The number of carbonyl (C=O) groups excluding carboxylic acids is 2. The van der Waals surface area contributed by atoms with Gasteiger partial charge in [0.2, 0.25) is 11.8 Å². The molecular formula is C31H31N5O3. The van der Waals surface area contributed by atoms with Crippen molar-refractivity contribution in [2.24, 2.45) is 11.8 Å². The molecule has 6 rings (SSSR count). The molecule has 2 saturated carbocycles. The average Bonchev–Trinajstić information content (AvgIpc) is 3.74. The SMILES string of the molecule is O=C(Nc1ccc(Oc2ccnc(NC(=O)c3ccccc3)n2)c2ccccc12)NC1CC1C1CCCCC1. The number of amides is 3. The first-order chi connectivity index (χ1) is 19.1. The van der Waals surface area contributed by atoms with Gasteiger partial charge in [-0.15, -0.1) is 0 Å². The van der Waals surface area contributed by atoms with Crippen LogP contribution in [0.4, 0.5) is 16.4 Å². The van der Waals surface area contributed by atoms with Crippen LogP contribution in [-0.2, 0) is 0 Å². The van der Waals surface area contributed by atoms with Gasteiger partial charge < -0.3 is 15.4 Å². The minimum atomic E-state index is -0.303. The van der Waals surface area contributed by atoms with Crippen LogP contribution >= 0.6 is 0 Å². The van der Waals surface area contributed by atoms with E-state index in [4.69, 9.17) is 4.74 Å². The summed E-state index contributed by atoms with van der Waals surface area (Å²) in [5.74, 6) is 2.10. The second kappa shape index (κ2) is 11.1. The lowest BCUT2D eigenvalue weighted by Crippen LogP contribution is -2.32. The summed E-state index contributed by atoms with van der Waals surface area (Å²) >= 11 is 0. The van der Waals surface area contributed by atoms with Crippen LogP contribution in [0.25, 0.3) is 10.8 Å². The van der Waals surface area contributed by atoms with E-state index in [1.807, 2.05) is 42.5 Å². The molecule has 0 radical (unpaired) electrons. The maximum absolute atomic E-state index is 12.8. The molecule has 2 unspecified atom stereocenters. The van der Waals surface area contributed by atoms with Crippen LogP contribution in [0.1, 0.15) is 48.9 Å². The fourth-order valence-electron chi connectivity index (χ4n) is 5.60. The molecule has 2 aliphatic carbocycles.